The summed E-state index contributed by atoms with van der Waals surface area (Å²) in [7, 11) is -1.95. The summed E-state index contributed by atoms with van der Waals surface area (Å²) in [6.45, 7) is 0.592. The van der Waals surface area contributed by atoms with E-state index in [9.17, 15) is 8.42 Å². The minimum absolute atomic E-state index is 0.117. The van der Waals surface area contributed by atoms with E-state index >= 15 is 0 Å². The quantitative estimate of drug-likeness (QED) is 0.810. The van der Waals surface area contributed by atoms with Crippen LogP contribution in [0.25, 0.3) is 0 Å². The van der Waals surface area contributed by atoms with E-state index in [2.05, 4.69) is 10.0 Å². The molecule has 1 heterocycles. The van der Waals surface area contributed by atoms with E-state index in [1.807, 2.05) is 0 Å². The van der Waals surface area contributed by atoms with Crippen LogP contribution in [0.2, 0.25) is 15.1 Å². The molecule has 0 unspecified atom stereocenters. The minimum atomic E-state index is -3.74. The van der Waals surface area contributed by atoms with Gasteiger partial charge in [-0.3, -0.25) is 4.72 Å². The molecule has 114 valence electrons. The molecule has 0 radical (unpaired) electrons. The van der Waals surface area contributed by atoms with E-state index in [1.54, 1.807) is 18.5 Å². The molecular formula is C12H11Cl3N2O2S2. The summed E-state index contributed by atoms with van der Waals surface area (Å²) in [5, 5.41) is 5.35. The van der Waals surface area contributed by atoms with Gasteiger partial charge in [-0.1, -0.05) is 34.8 Å². The van der Waals surface area contributed by atoms with Gasteiger partial charge < -0.3 is 5.32 Å². The highest BCUT2D eigenvalue weighted by molar-refractivity contribution is 7.94. The average molecular weight is 386 g/mol. The zero-order valence-corrected chi connectivity index (χ0v) is 14.7. The highest BCUT2D eigenvalue weighted by Gasteiger charge is 2.20. The number of rotatable bonds is 5. The van der Waals surface area contributed by atoms with Crippen molar-refractivity contribution in [2.75, 3.05) is 11.8 Å². The van der Waals surface area contributed by atoms with Gasteiger partial charge in [-0.15, -0.1) is 11.3 Å². The highest BCUT2D eigenvalue weighted by atomic mass is 35.5. The fourth-order valence-corrected chi connectivity index (χ4v) is 4.95. The summed E-state index contributed by atoms with van der Waals surface area (Å²) in [5.74, 6) is 0. The van der Waals surface area contributed by atoms with Gasteiger partial charge in [-0.2, -0.15) is 0 Å². The summed E-state index contributed by atoms with van der Waals surface area (Å²) in [4.78, 5) is 0. The van der Waals surface area contributed by atoms with Crippen molar-refractivity contribution >= 4 is 61.9 Å². The molecule has 0 spiro atoms. The third kappa shape index (κ3) is 4.03. The molecule has 0 saturated carbocycles. The molecule has 21 heavy (non-hydrogen) atoms. The number of halogens is 3. The van der Waals surface area contributed by atoms with Crippen LogP contribution in [0, 0.1) is 0 Å². The van der Waals surface area contributed by atoms with E-state index in [4.69, 9.17) is 34.8 Å². The van der Waals surface area contributed by atoms with Crippen molar-refractivity contribution in [1.82, 2.24) is 5.32 Å². The molecule has 2 N–H and O–H groups in total. The van der Waals surface area contributed by atoms with Crippen molar-refractivity contribution in [3.63, 3.8) is 0 Å². The monoisotopic (exact) mass is 384 g/mol. The first kappa shape index (κ1) is 16.9. The first-order chi connectivity index (χ1) is 9.83. The molecule has 0 fully saturated rings. The Balaban J connectivity index is 2.33. The number of hydrogen-bond donors (Lipinski definition) is 2. The molecule has 1 aromatic carbocycles. The second kappa shape index (κ2) is 6.73. The van der Waals surface area contributed by atoms with E-state index in [-0.39, 0.29) is 19.9 Å². The van der Waals surface area contributed by atoms with Crippen LogP contribution >= 0.6 is 46.1 Å². The number of nitrogens with one attached hydrogen (secondary N) is 2. The van der Waals surface area contributed by atoms with Crippen molar-refractivity contribution in [3.8, 4) is 0 Å². The second-order valence-corrected chi connectivity index (χ2v) is 8.23. The lowest BCUT2D eigenvalue weighted by molar-refractivity contribution is 0.603. The van der Waals surface area contributed by atoms with Crippen LogP contribution in [0.1, 0.15) is 5.56 Å². The Bertz CT molecular complexity index is 737. The largest absolute Gasteiger partial charge is 0.316 e. The fourth-order valence-electron chi connectivity index (χ4n) is 1.62. The smallest absolute Gasteiger partial charge is 0.271 e. The van der Waals surface area contributed by atoms with Gasteiger partial charge in [0.25, 0.3) is 10.0 Å². The molecule has 2 rings (SSSR count). The zero-order chi connectivity index (χ0) is 15.6. The van der Waals surface area contributed by atoms with Crippen LogP contribution in [0.15, 0.2) is 27.8 Å². The molecule has 1 aromatic heterocycles. The minimum Gasteiger partial charge on any atom is -0.316 e. The maximum Gasteiger partial charge on any atom is 0.271 e. The van der Waals surface area contributed by atoms with Crippen molar-refractivity contribution < 1.29 is 8.42 Å². The summed E-state index contributed by atoms with van der Waals surface area (Å²) in [5.41, 5.74) is 1.00. The van der Waals surface area contributed by atoms with Crippen LogP contribution in [0.5, 0.6) is 0 Å². The predicted octanol–water partition coefficient (Wildman–Crippen LogP) is 4.23. The molecule has 0 amide bonds. The van der Waals surface area contributed by atoms with Gasteiger partial charge in [0.2, 0.25) is 0 Å². The predicted molar refractivity (Wildman–Crippen MR) is 89.4 cm³/mol. The number of hydrogen-bond acceptors (Lipinski definition) is 4. The van der Waals surface area contributed by atoms with Gasteiger partial charge in [-0.25, -0.2) is 8.42 Å². The van der Waals surface area contributed by atoms with Crippen molar-refractivity contribution in [1.29, 1.82) is 0 Å². The van der Waals surface area contributed by atoms with Gasteiger partial charge in [-0.05, 0) is 36.2 Å². The lowest BCUT2D eigenvalue weighted by Crippen LogP contribution is -2.12. The Hall–Kier alpha value is -0.500. The zero-order valence-electron chi connectivity index (χ0n) is 10.8. The van der Waals surface area contributed by atoms with E-state index in [0.717, 1.165) is 16.9 Å². The Morgan fingerprint density at radius 3 is 2.33 bits per heavy atom. The van der Waals surface area contributed by atoms with Gasteiger partial charge in [0.05, 0.1) is 15.7 Å². The fraction of sp³-hybridized carbons (Fsp3) is 0.167. The number of sulfonamides is 1. The molecule has 9 heteroatoms. The Morgan fingerprint density at radius 2 is 1.76 bits per heavy atom. The third-order valence-corrected chi connectivity index (χ3v) is 6.17. The van der Waals surface area contributed by atoms with E-state index in [0.29, 0.717) is 11.6 Å². The first-order valence-electron chi connectivity index (χ1n) is 5.73. The summed E-state index contributed by atoms with van der Waals surface area (Å²) in [6, 6.07) is 4.45. The SMILES string of the molecule is CNCc1csc(S(=O)(=O)Nc2c(Cl)cc(Cl)cc2Cl)c1. The first-order valence-corrected chi connectivity index (χ1v) is 9.22. The lowest BCUT2D eigenvalue weighted by Gasteiger charge is -2.10. The summed E-state index contributed by atoms with van der Waals surface area (Å²) in [6.07, 6.45) is 0. The number of anilines is 1. The molecule has 0 saturated heterocycles. The lowest BCUT2D eigenvalue weighted by atomic mass is 10.3. The molecule has 0 aliphatic heterocycles. The van der Waals surface area contributed by atoms with Gasteiger partial charge in [0, 0.05) is 11.6 Å². The second-order valence-electron chi connectivity index (χ2n) is 4.15. The van der Waals surface area contributed by atoms with Crippen molar-refractivity contribution in [3.05, 3.63) is 44.2 Å². The molecule has 0 atom stereocenters. The van der Waals surface area contributed by atoms with E-state index < -0.39 is 10.0 Å². The van der Waals surface area contributed by atoms with Crippen LogP contribution in [-0.2, 0) is 16.6 Å². The van der Waals surface area contributed by atoms with E-state index in [1.165, 1.54) is 12.1 Å². The molecule has 0 bridgehead atoms. The maximum atomic E-state index is 12.3. The van der Waals surface area contributed by atoms with Crippen molar-refractivity contribution in [2.45, 2.75) is 10.8 Å². The molecule has 0 aliphatic carbocycles. The van der Waals surface area contributed by atoms with Crippen LogP contribution in [0.4, 0.5) is 5.69 Å². The summed E-state index contributed by atoms with van der Waals surface area (Å²) >= 11 is 18.9. The Kier molecular flexibility index (Phi) is 5.40. The van der Waals surface area contributed by atoms with Gasteiger partial charge in [0.1, 0.15) is 4.21 Å². The van der Waals surface area contributed by atoms with Crippen molar-refractivity contribution in [2.24, 2.45) is 0 Å². The molecule has 0 aliphatic rings. The Labute approximate surface area is 142 Å². The Morgan fingerprint density at radius 1 is 1.14 bits per heavy atom. The third-order valence-electron chi connectivity index (χ3n) is 2.52. The van der Waals surface area contributed by atoms with Gasteiger partial charge >= 0.3 is 0 Å². The standard InChI is InChI=1S/C12H11Cl3N2O2S2/c1-16-5-7-2-11(20-6-7)21(18,19)17-12-9(14)3-8(13)4-10(12)15/h2-4,6,16-17H,5H2,1H3. The topological polar surface area (TPSA) is 58.2 Å². The van der Waals surface area contributed by atoms with Crippen LogP contribution in [-0.4, -0.2) is 15.5 Å². The van der Waals surface area contributed by atoms with Gasteiger partial charge in [0.15, 0.2) is 0 Å². The highest BCUT2D eigenvalue weighted by Crippen LogP contribution is 2.35. The van der Waals surface area contributed by atoms with Crippen LogP contribution < -0.4 is 10.0 Å². The van der Waals surface area contributed by atoms with Crippen LogP contribution in [0.3, 0.4) is 0 Å². The molecule has 2 aromatic rings. The molecule has 4 nitrogen and oxygen atoms in total. The average Bonchev–Trinajstić information content (AvgIpc) is 2.84. The maximum absolute atomic E-state index is 12.3. The number of thiophene rings is 1. The summed E-state index contributed by atoms with van der Waals surface area (Å²) < 4.78 is 27.3. The molecular weight excluding hydrogens is 375 g/mol. The number of benzene rings is 1. The normalized spacial score (nSPS) is 11.6.